The third-order valence-corrected chi connectivity index (χ3v) is 2.96. The first-order chi connectivity index (χ1) is 6.15. The molecule has 0 fully saturated rings. The van der Waals surface area contributed by atoms with Crippen molar-refractivity contribution < 1.29 is 9.90 Å². The molecule has 1 amide bonds. The van der Waals surface area contributed by atoms with Crippen molar-refractivity contribution in [3.8, 4) is 0 Å². The smallest absolute Gasteiger partial charge is 0.221 e. The third-order valence-electron chi connectivity index (χ3n) is 1.80. The van der Waals surface area contributed by atoms with Gasteiger partial charge in [-0.3, -0.25) is 4.79 Å². The lowest BCUT2D eigenvalue weighted by Gasteiger charge is -2.21. The van der Waals surface area contributed by atoms with E-state index in [0.717, 1.165) is 0 Å². The SMILES string of the molecule is CSC(CO)C(C)NC(=O)CCN. The van der Waals surface area contributed by atoms with E-state index in [1.807, 2.05) is 13.2 Å². The Morgan fingerprint density at radius 3 is 2.69 bits per heavy atom. The van der Waals surface area contributed by atoms with Gasteiger partial charge in [0, 0.05) is 24.3 Å². The number of nitrogens with two attached hydrogens (primary N) is 1. The van der Waals surface area contributed by atoms with Gasteiger partial charge in [-0.05, 0) is 13.2 Å². The molecule has 4 nitrogen and oxygen atoms in total. The zero-order valence-electron chi connectivity index (χ0n) is 8.12. The summed E-state index contributed by atoms with van der Waals surface area (Å²) in [7, 11) is 0. The van der Waals surface area contributed by atoms with Crippen LogP contribution < -0.4 is 11.1 Å². The van der Waals surface area contributed by atoms with Crippen molar-refractivity contribution in [3.63, 3.8) is 0 Å². The average Bonchev–Trinajstić information content (AvgIpc) is 2.06. The fourth-order valence-electron chi connectivity index (χ4n) is 0.987. The Hall–Kier alpha value is -0.260. The van der Waals surface area contributed by atoms with Gasteiger partial charge < -0.3 is 16.2 Å². The van der Waals surface area contributed by atoms with Gasteiger partial charge >= 0.3 is 0 Å². The summed E-state index contributed by atoms with van der Waals surface area (Å²) >= 11 is 1.54. The predicted octanol–water partition coefficient (Wildman–Crippen LogP) is -0.436. The molecule has 0 aliphatic heterocycles. The molecule has 0 heterocycles. The fraction of sp³-hybridized carbons (Fsp3) is 0.875. The fourth-order valence-corrected chi connectivity index (χ4v) is 1.61. The molecule has 4 N–H and O–H groups in total. The maximum Gasteiger partial charge on any atom is 0.221 e. The van der Waals surface area contributed by atoms with E-state index >= 15 is 0 Å². The first-order valence-corrected chi connectivity index (χ1v) is 5.57. The van der Waals surface area contributed by atoms with Crippen molar-refractivity contribution in [2.24, 2.45) is 5.73 Å². The van der Waals surface area contributed by atoms with Crippen LogP contribution in [0.5, 0.6) is 0 Å². The molecule has 0 aromatic carbocycles. The van der Waals surface area contributed by atoms with E-state index in [4.69, 9.17) is 10.8 Å². The second-order valence-electron chi connectivity index (χ2n) is 2.85. The minimum Gasteiger partial charge on any atom is -0.395 e. The number of rotatable bonds is 6. The van der Waals surface area contributed by atoms with Crippen molar-refractivity contribution >= 4 is 17.7 Å². The third kappa shape index (κ3) is 5.13. The minimum atomic E-state index is -0.0532. The van der Waals surface area contributed by atoms with Gasteiger partial charge in [0.05, 0.1) is 6.61 Å². The largest absolute Gasteiger partial charge is 0.395 e. The van der Waals surface area contributed by atoms with Crippen molar-refractivity contribution in [1.82, 2.24) is 5.32 Å². The summed E-state index contributed by atoms with van der Waals surface area (Å²) < 4.78 is 0. The second-order valence-corrected chi connectivity index (χ2v) is 3.93. The van der Waals surface area contributed by atoms with Crippen LogP contribution in [0.25, 0.3) is 0 Å². The lowest BCUT2D eigenvalue weighted by molar-refractivity contribution is -0.121. The average molecular weight is 206 g/mol. The highest BCUT2D eigenvalue weighted by molar-refractivity contribution is 7.99. The molecule has 0 bridgehead atoms. The number of hydrogen-bond donors (Lipinski definition) is 3. The molecule has 2 unspecified atom stereocenters. The quantitative estimate of drug-likeness (QED) is 0.551. The monoisotopic (exact) mass is 206 g/mol. The zero-order valence-corrected chi connectivity index (χ0v) is 8.93. The van der Waals surface area contributed by atoms with E-state index in [1.165, 1.54) is 0 Å². The van der Waals surface area contributed by atoms with E-state index in [9.17, 15) is 4.79 Å². The number of aliphatic hydroxyl groups is 1. The summed E-state index contributed by atoms with van der Waals surface area (Å²) in [5, 5.41) is 11.8. The molecular formula is C8H18N2O2S. The molecule has 0 spiro atoms. The maximum atomic E-state index is 11.1. The lowest BCUT2D eigenvalue weighted by atomic mass is 10.2. The van der Waals surface area contributed by atoms with Gasteiger partial charge in [-0.15, -0.1) is 0 Å². The van der Waals surface area contributed by atoms with Crippen LogP contribution in [0.15, 0.2) is 0 Å². The molecule has 0 rings (SSSR count). The molecule has 0 aliphatic carbocycles. The highest BCUT2D eigenvalue weighted by atomic mass is 32.2. The Kier molecular flexibility index (Phi) is 7.03. The number of thioether (sulfide) groups is 1. The standard InChI is InChI=1S/C8H18N2O2S/c1-6(7(5-11)13-2)10-8(12)3-4-9/h6-7,11H,3-5,9H2,1-2H3,(H,10,12). The summed E-state index contributed by atoms with van der Waals surface area (Å²) in [4.78, 5) is 11.1. The van der Waals surface area contributed by atoms with Gasteiger partial charge in [0.1, 0.15) is 0 Å². The minimum absolute atomic E-state index is 0.0148. The zero-order chi connectivity index (χ0) is 10.3. The number of aliphatic hydroxyl groups excluding tert-OH is 1. The van der Waals surface area contributed by atoms with E-state index in [0.29, 0.717) is 13.0 Å². The molecule has 0 aromatic heterocycles. The molecule has 0 saturated carbocycles. The Bertz CT molecular complexity index is 151. The Morgan fingerprint density at radius 1 is 1.69 bits per heavy atom. The summed E-state index contributed by atoms with van der Waals surface area (Å²) in [6.45, 7) is 2.32. The van der Waals surface area contributed by atoms with Crippen molar-refractivity contribution in [1.29, 1.82) is 0 Å². The molecule has 2 atom stereocenters. The molecule has 78 valence electrons. The first kappa shape index (κ1) is 12.7. The Labute approximate surface area is 83.3 Å². The summed E-state index contributed by atoms with van der Waals surface area (Å²) in [5.74, 6) is -0.0532. The normalized spacial score (nSPS) is 15.1. The van der Waals surface area contributed by atoms with E-state index in [2.05, 4.69) is 5.32 Å². The highest BCUT2D eigenvalue weighted by Gasteiger charge is 2.16. The second kappa shape index (κ2) is 7.17. The lowest BCUT2D eigenvalue weighted by Crippen LogP contribution is -2.41. The summed E-state index contributed by atoms with van der Waals surface area (Å²) in [5.41, 5.74) is 5.23. The molecule has 5 heteroatoms. The van der Waals surface area contributed by atoms with Gasteiger partial charge in [-0.2, -0.15) is 11.8 Å². The van der Waals surface area contributed by atoms with Gasteiger partial charge in [0.15, 0.2) is 0 Å². The molecule has 13 heavy (non-hydrogen) atoms. The van der Waals surface area contributed by atoms with Crippen LogP contribution in [-0.4, -0.2) is 41.7 Å². The van der Waals surface area contributed by atoms with Crippen LogP contribution in [0, 0.1) is 0 Å². The first-order valence-electron chi connectivity index (χ1n) is 4.28. The number of amides is 1. The van der Waals surface area contributed by atoms with Crippen LogP contribution in [0.2, 0.25) is 0 Å². The van der Waals surface area contributed by atoms with Gasteiger partial charge in [0.25, 0.3) is 0 Å². The van der Waals surface area contributed by atoms with Crippen LogP contribution >= 0.6 is 11.8 Å². The van der Waals surface area contributed by atoms with Crippen LogP contribution in [0.4, 0.5) is 0 Å². The van der Waals surface area contributed by atoms with Crippen molar-refractivity contribution in [2.75, 3.05) is 19.4 Å². The van der Waals surface area contributed by atoms with E-state index < -0.39 is 0 Å². The van der Waals surface area contributed by atoms with Crippen LogP contribution in [0.3, 0.4) is 0 Å². The Morgan fingerprint density at radius 2 is 2.31 bits per heavy atom. The topological polar surface area (TPSA) is 75.3 Å². The number of nitrogens with one attached hydrogen (secondary N) is 1. The van der Waals surface area contributed by atoms with Crippen molar-refractivity contribution in [2.45, 2.75) is 24.6 Å². The molecular weight excluding hydrogens is 188 g/mol. The number of carbonyl (C=O) groups is 1. The molecule has 0 radical (unpaired) electrons. The highest BCUT2D eigenvalue weighted by Crippen LogP contribution is 2.09. The van der Waals surface area contributed by atoms with Crippen molar-refractivity contribution in [3.05, 3.63) is 0 Å². The number of carbonyl (C=O) groups excluding carboxylic acids is 1. The van der Waals surface area contributed by atoms with Gasteiger partial charge in [-0.25, -0.2) is 0 Å². The maximum absolute atomic E-state index is 11.1. The number of hydrogen-bond acceptors (Lipinski definition) is 4. The Balaban J connectivity index is 3.82. The predicted molar refractivity (Wildman–Crippen MR) is 55.7 cm³/mol. The summed E-state index contributed by atoms with van der Waals surface area (Å²) in [6, 6.07) is -0.0148. The van der Waals surface area contributed by atoms with Crippen LogP contribution in [-0.2, 0) is 4.79 Å². The van der Waals surface area contributed by atoms with E-state index in [1.54, 1.807) is 11.8 Å². The molecule has 0 aliphatic rings. The van der Waals surface area contributed by atoms with Crippen LogP contribution in [0.1, 0.15) is 13.3 Å². The molecule has 0 aromatic rings. The summed E-state index contributed by atoms with van der Waals surface area (Å²) in [6.07, 6.45) is 2.25. The molecule has 0 saturated heterocycles. The van der Waals surface area contributed by atoms with Gasteiger partial charge in [0.2, 0.25) is 5.91 Å². The van der Waals surface area contributed by atoms with Gasteiger partial charge in [-0.1, -0.05) is 0 Å². The van der Waals surface area contributed by atoms with E-state index in [-0.39, 0.29) is 23.8 Å².